The lowest BCUT2D eigenvalue weighted by molar-refractivity contribution is -0.116. The molecule has 0 amide bonds. The Morgan fingerprint density at radius 1 is 1.22 bits per heavy atom. The van der Waals surface area contributed by atoms with Crippen LogP contribution in [0.15, 0.2) is 34.7 Å². The predicted octanol–water partition coefficient (Wildman–Crippen LogP) is 5.49. The van der Waals surface area contributed by atoms with Crippen LogP contribution in [0.25, 0.3) is 0 Å². The van der Waals surface area contributed by atoms with E-state index in [1.165, 1.54) is 16.0 Å². The lowest BCUT2D eigenvalue weighted by Gasteiger charge is -2.64. The van der Waals surface area contributed by atoms with Gasteiger partial charge in [-0.1, -0.05) is 24.8 Å². The fourth-order valence-electron chi connectivity index (χ4n) is 8.43. The fraction of sp³-hybridized carbons (Fsp3) is 0.552. The van der Waals surface area contributed by atoms with Crippen molar-refractivity contribution in [1.82, 2.24) is 0 Å². The second-order valence-corrected chi connectivity index (χ2v) is 12.2. The summed E-state index contributed by atoms with van der Waals surface area (Å²) in [4.78, 5) is 13.7. The van der Waals surface area contributed by atoms with Gasteiger partial charge < -0.3 is 5.11 Å². The van der Waals surface area contributed by atoms with Crippen molar-refractivity contribution in [2.45, 2.75) is 80.0 Å². The molecule has 0 unspecified atom stereocenters. The normalized spacial score (nSPS) is 43.4. The van der Waals surface area contributed by atoms with Crippen LogP contribution in [-0.4, -0.2) is 21.2 Å². The maximum absolute atomic E-state index is 12.4. The first-order valence-electron chi connectivity index (χ1n) is 12.0. The maximum atomic E-state index is 12.4. The van der Waals surface area contributed by atoms with Crippen molar-refractivity contribution in [3.8, 4) is 24.2 Å². The van der Waals surface area contributed by atoms with Crippen molar-refractivity contribution in [3.05, 3.63) is 41.0 Å². The quantitative estimate of drug-likeness (QED) is 0.540. The number of benzene rings is 1. The topological polar surface area (TPSA) is 37.3 Å². The van der Waals surface area contributed by atoms with Gasteiger partial charge in [0, 0.05) is 27.0 Å². The molecule has 7 atom stereocenters. The van der Waals surface area contributed by atoms with Crippen LogP contribution in [0, 0.1) is 47.4 Å². The number of aliphatic hydroxyl groups is 1. The molecule has 164 valence electrons. The minimum Gasteiger partial charge on any atom is -0.377 e. The van der Waals surface area contributed by atoms with Crippen molar-refractivity contribution in [2.24, 2.45) is 23.2 Å². The average molecular weight is 443 g/mol. The summed E-state index contributed by atoms with van der Waals surface area (Å²) >= 11 is 2.00. The number of carbonyl (C=O) groups is 1. The van der Waals surface area contributed by atoms with E-state index in [0.717, 1.165) is 44.1 Å². The summed E-state index contributed by atoms with van der Waals surface area (Å²) in [5.41, 5.74) is 2.56. The number of fused-ring (bicyclic) bond motifs is 4. The second kappa shape index (κ2) is 6.79. The molecule has 0 bridgehead atoms. The van der Waals surface area contributed by atoms with Crippen molar-refractivity contribution in [2.75, 3.05) is 0 Å². The molecule has 3 heteroatoms. The van der Waals surface area contributed by atoms with Crippen LogP contribution in [0.2, 0.25) is 0 Å². The van der Waals surface area contributed by atoms with Crippen LogP contribution < -0.4 is 0 Å². The SMILES string of the molecule is C#Cc1ccc2c(c1)S[C@]13CCC(=O)C=C1CC[C@@H]1[C@@H]3[C@@H]2C[C@@]2(C)[C@H]1CC[C@@]2(O)C#CC. The number of carbonyl (C=O) groups excluding carboxylic acids is 1. The van der Waals surface area contributed by atoms with Gasteiger partial charge in [0.1, 0.15) is 5.60 Å². The minimum absolute atomic E-state index is 0.000184. The average Bonchev–Trinajstić information content (AvgIpc) is 3.04. The molecule has 3 fully saturated rings. The molecular formula is C29H30O2S. The molecule has 0 saturated heterocycles. The molecule has 1 aromatic carbocycles. The van der Waals surface area contributed by atoms with Gasteiger partial charge in [0.2, 0.25) is 0 Å². The van der Waals surface area contributed by atoms with Gasteiger partial charge in [-0.3, -0.25) is 4.79 Å². The van der Waals surface area contributed by atoms with Gasteiger partial charge in [-0.15, -0.1) is 24.1 Å². The van der Waals surface area contributed by atoms with Gasteiger partial charge >= 0.3 is 0 Å². The third-order valence-corrected chi connectivity index (χ3v) is 11.4. The van der Waals surface area contributed by atoms with E-state index in [-0.39, 0.29) is 10.2 Å². The highest BCUT2D eigenvalue weighted by Gasteiger charge is 2.68. The highest BCUT2D eigenvalue weighted by Crippen LogP contribution is 2.73. The van der Waals surface area contributed by atoms with Crippen LogP contribution in [0.3, 0.4) is 0 Å². The number of terminal acetylenes is 1. The fourth-order valence-corrected chi connectivity index (χ4v) is 10.3. The largest absolute Gasteiger partial charge is 0.377 e. The van der Waals surface area contributed by atoms with Gasteiger partial charge in [-0.2, -0.15) is 0 Å². The molecular weight excluding hydrogens is 412 g/mol. The summed E-state index contributed by atoms with van der Waals surface area (Å²) in [7, 11) is 0. The summed E-state index contributed by atoms with van der Waals surface area (Å²) in [6, 6.07) is 6.52. The molecule has 1 aliphatic heterocycles. The summed E-state index contributed by atoms with van der Waals surface area (Å²) < 4.78 is 0.000184. The molecule has 1 heterocycles. The second-order valence-electron chi connectivity index (χ2n) is 10.9. The first kappa shape index (κ1) is 20.7. The lowest BCUT2D eigenvalue weighted by atomic mass is 9.46. The van der Waals surface area contributed by atoms with Crippen LogP contribution in [0.1, 0.15) is 75.8 Å². The maximum Gasteiger partial charge on any atom is 0.155 e. The van der Waals surface area contributed by atoms with E-state index in [4.69, 9.17) is 6.42 Å². The monoisotopic (exact) mass is 442 g/mol. The van der Waals surface area contributed by atoms with E-state index in [1.807, 2.05) is 24.8 Å². The Morgan fingerprint density at radius 2 is 2.06 bits per heavy atom. The Labute approximate surface area is 195 Å². The number of rotatable bonds is 0. The first-order valence-corrected chi connectivity index (χ1v) is 12.9. The number of hydrogen-bond donors (Lipinski definition) is 1. The third kappa shape index (κ3) is 2.48. The summed E-state index contributed by atoms with van der Waals surface area (Å²) in [6.45, 7) is 4.16. The minimum atomic E-state index is -0.910. The molecule has 5 aliphatic rings. The van der Waals surface area contributed by atoms with Crippen LogP contribution >= 0.6 is 11.8 Å². The van der Waals surface area contributed by atoms with E-state index in [2.05, 4.69) is 42.9 Å². The molecule has 3 saturated carbocycles. The van der Waals surface area contributed by atoms with E-state index in [1.54, 1.807) is 0 Å². The van der Waals surface area contributed by atoms with E-state index in [9.17, 15) is 9.90 Å². The van der Waals surface area contributed by atoms with Crippen LogP contribution in [-0.2, 0) is 4.79 Å². The van der Waals surface area contributed by atoms with Crippen LogP contribution in [0.5, 0.6) is 0 Å². The van der Waals surface area contributed by atoms with Gasteiger partial charge in [0.05, 0.1) is 0 Å². The molecule has 32 heavy (non-hydrogen) atoms. The van der Waals surface area contributed by atoms with Crippen molar-refractivity contribution >= 4 is 17.5 Å². The molecule has 2 nitrogen and oxygen atoms in total. The van der Waals surface area contributed by atoms with Gasteiger partial charge in [-0.05, 0) is 98.5 Å². The zero-order chi connectivity index (χ0) is 22.3. The number of thioether (sulfide) groups is 1. The van der Waals surface area contributed by atoms with Crippen molar-refractivity contribution in [3.63, 3.8) is 0 Å². The van der Waals surface area contributed by atoms with E-state index < -0.39 is 5.60 Å². The van der Waals surface area contributed by atoms with E-state index in [0.29, 0.717) is 35.9 Å². The summed E-state index contributed by atoms with van der Waals surface area (Å²) in [5, 5.41) is 11.8. The Kier molecular flexibility index (Phi) is 4.38. The summed E-state index contributed by atoms with van der Waals surface area (Å²) in [6.07, 6.45) is 14.2. The Morgan fingerprint density at radius 3 is 2.84 bits per heavy atom. The smallest absolute Gasteiger partial charge is 0.155 e. The Balaban J connectivity index is 1.57. The molecule has 0 radical (unpaired) electrons. The third-order valence-electron chi connectivity index (χ3n) is 9.75. The Bertz CT molecular complexity index is 1160. The van der Waals surface area contributed by atoms with Crippen LogP contribution in [0.4, 0.5) is 0 Å². The van der Waals surface area contributed by atoms with Crippen molar-refractivity contribution in [1.29, 1.82) is 0 Å². The molecule has 1 spiro atoms. The van der Waals surface area contributed by atoms with Crippen molar-refractivity contribution < 1.29 is 9.90 Å². The molecule has 1 aromatic rings. The lowest BCUT2D eigenvalue weighted by Crippen LogP contribution is -2.60. The first-order chi connectivity index (χ1) is 15.3. The standard InChI is InChI=1S/C29H30O2S/c1-4-12-28(31)13-11-24-22-9-7-19-16-20(30)10-14-29(19)26(22)23(17-27(24,28)3)21-8-6-18(5-2)15-25(21)32-29/h2,6,8,15-16,22-24,26,31H,7,9-11,13-14,17H2,1,3H3/t22-,23+,24-,26+,27-,28-,29+/m0/s1. The molecule has 1 N–H and O–H groups in total. The molecule has 0 aromatic heterocycles. The zero-order valence-electron chi connectivity index (χ0n) is 18.9. The molecule has 4 aliphatic carbocycles. The highest BCUT2D eigenvalue weighted by molar-refractivity contribution is 8.01. The van der Waals surface area contributed by atoms with Gasteiger partial charge in [0.15, 0.2) is 5.78 Å². The Hall–Kier alpha value is -1.94. The number of ketones is 1. The predicted molar refractivity (Wildman–Crippen MR) is 128 cm³/mol. The van der Waals surface area contributed by atoms with Gasteiger partial charge in [-0.25, -0.2) is 0 Å². The zero-order valence-corrected chi connectivity index (χ0v) is 19.7. The highest BCUT2D eigenvalue weighted by atomic mass is 32.2. The van der Waals surface area contributed by atoms with E-state index >= 15 is 0 Å². The van der Waals surface area contributed by atoms with Gasteiger partial charge in [0.25, 0.3) is 0 Å². The summed E-state index contributed by atoms with van der Waals surface area (Å²) in [5.74, 6) is 11.3. The number of hydrogen-bond acceptors (Lipinski definition) is 3. The molecule has 6 rings (SSSR count).